The highest BCUT2D eigenvalue weighted by Gasteiger charge is 2.20. The van der Waals surface area contributed by atoms with Crippen LogP contribution in [-0.4, -0.2) is 5.94 Å². The van der Waals surface area contributed by atoms with Gasteiger partial charge in [0.15, 0.2) is 0 Å². The van der Waals surface area contributed by atoms with Gasteiger partial charge in [-0.2, -0.15) is 0 Å². The SMILES string of the molecule is O=C=C(c1ccccc1)P(c1ccccc1)c1ccccc1. The first-order valence-corrected chi connectivity index (χ1v) is 8.45. The average Bonchev–Trinajstić information content (AvgIpc) is 2.62. The lowest BCUT2D eigenvalue weighted by Gasteiger charge is -2.19. The van der Waals surface area contributed by atoms with E-state index in [1.807, 2.05) is 66.7 Å². The molecule has 0 N–H and O–H groups in total. The lowest BCUT2D eigenvalue weighted by Crippen LogP contribution is -2.12. The van der Waals surface area contributed by atoms with E-state index in [1.165, 1.54) is 0 Å². The van der Waals surface area contributed by atoms with Crippen molar-refractivity contribution in [1.29, 1.82) is 0 Å². The summed E-state index contributed by atoms with van der Waals surface area (Å²) in [5, 5.41) is 3.05. The third-order valence-electron chi connectivity index (χ3n) is 3.40. The Balaban J connectivity index is 2.16. The van der Waals surface area contributed by atoms with Crippen molar-refractivity contribution in [3.63, 3.8) is 0 Å². The smallest absolute Gasteiger partial charge is 0.134 e. The molecule has 1 nitrogen and oxygen atoms in total. The summed E-state index contributed by atoms with van der Waals surface area (Å²) in [6.07, 6.45) is 0. The Morgan fingerprint density at radius 3 is 1.45 bits per heavy atom. The second-order valence-electron chi connectivity index (χ2n) is 4.82. The Labute approximate surface area is 131 Å². The molecule has 0 saturated carbocycles. The van der Waals surface area contributed by atoms with Crippen LogP contribution in [0.15, 0.2) is 91.0 Å². The minimum absolute atomic E-state index is 0.730. The van der Waals surface area contributed by atoms with Crippen LogP contribution in [0.25, 0.3) is 5.31 Å². The van der Waals surface area contributed by atoms with Gasteiger partial charge in [-0.15, -0.1) is 0 Å². The van der Waals surface area contributed by atoms with Crippen LogP contribution >= 0.6 is 7.92 Å². The van der Waals surface area contributed by atoms with Crippen molar-refractivity contribution in [3.8, 4) is 0 Å². The maximum atomic E-state index is 11.7. The van der Waals surface area contributed by atoms with Gasteiger partial charge in [0.2, 0.25) is 0 Å². The second kappa shape index (κ2) is 7.00. The van der Waals surface area contributed by atoms with Gasteiger partial charge in [-0.1, -0.05) is 91.0 Å². The molecule has 0 bridgehead atoms. The predicted molar refractivity (Wildman–Crippen MR) is 94.6 cm³/mol. The van der Waals surface area contributed by atoms with E-state index in [0.29, 0.717) is 0 Å². The zero-order chi connectivity index (χ0) is 15.2. The highest BCUT2D eigenvalue weighted by atomic mass is 31.1. The second-order valence-corrected chi connectivity index (χ2v) is 6.97. The molecule has 0 aliphatic carbocycles. The number of hydrogen-bond acceptors (Lipinski definition) is 1. The summed E-state index contributed by atoms with van der Waals surface area (Å²) in [5.41, 5.74) is 0.941. The van der Waals surface area contributed by atoms with E-state index in [-0.39, 0.29) is 0 Å². The van der Waals surface area contributed by atoms with Gasteiger partial charge >= 0.3 is 0 Å². The molecule has 0 aliphatic heterocycles. The summed E-state index contributed by atoms with van der Waals surface area (Å²) in [6.45, 7) is 0. The highest BCUT2D eigenvalue weighted by molar-refractivity contribution is 7.82. The average molecular weight is 302 g/mol. The normalized spacial score (nSPS) is 10.2. The molecule has 0 unspecified atom stereocenters. The monoisotopic (exact) mass is 302 g/mol. The van der Waals surface area contributed by atoms with E-state index in [9.17, 15) is 4.79 Å². The number of hydrogen-bond donors (Lipinski definition) is 0. The maximum absolute atomic E-state index is 11.7. The molecule has 0 radical (unpaired) electrons. The third kappa shape index (κ3) is 3.07. The van der Waals surface area contributed by atoms with Crippen molar-refractivity contribution in [2.75, 3.05) is 0 Å². The van der Waals surface area contributed by atoms with Gasteiger partial charge in [-0.25, -0.2) is 4.79 Å². The first kappa shape index (κ1) is 14.5. The summed E-state index contributed by atoms with van der Waals surface area (Å²) in [5.74, 6) is 2.21. The molecular formula is C20H15OP. The van der Waals surface area contributed by atoms with Gasteiger partial charge in [0, 0.05) is 0 Å². The molecule has 2 heteroatoms. The van der Waals surface area contributed by atoms with Crippen molar-refractivity contribution in [2.45, 2.75) is 0 Å². The summed E-state index contributed by atoms with van der Waals surface area (Å²) >= 11 is 0. The van der Waals surface area contributed by atoms with Crippen LogP contribution in [0.5, 0.6) is 0 Å². The minimum atomic E-state index is -0.898. The fourth-order valence-electron chi connectivity index (χ4n) is 2.39. The van der Waals surface area contributed by atoms with Crippen molar-refractivity contribution in [3.05, 3.63) is 96.6 Å². The first-order valence-electron chi connectivity index (χ1n) is 7.11. The van der Waals surface area contributed by atoms with Gasteiger partial charge in [-0.3, -0.25) is 0 Å². The van der Waals surface area contributed by atoms with Gasteiger partial charge < -0.3 is 0 Å². The van der Waals surface area contributed by atoms with E-state index in [1.54, 1.807) is 0 Å². The Morgan fingerprint density at radius 1 is 0.636 bits per heavy atom. The van der Waals surface area contributed by atoms with E-state index in [0.717, 1.165) is 21.5 Å². The number of benzene rings is 3. The molecule has 0 heterocycles. The van der Waals surface area contributed by atoms with E-state index in [4.69, 9.17) is 0 Å². The summed E-state index contributed by atoms with van der Waals surface area (Å²) in [6, 6.07) is 30.2. The largest absolute Gasteiger partial charge is 0.233 e. The predicted octanol–water partition coefficient (Wildman–Crippen LogP) is 3.99. The van der Waals surface area contributed by atoms with Crippen LogP contribution in [0, 0.1) is 0 Å². The molecule has 106 valence electrons. The zero-order valence-corrected chi connectivity index (χ0v) is 12.9. The zero-order valence-electron chi connectivity index (χ0n) is 12.0. The molecule has 0 aliphatic rings. The lowest BCUT2D eigenvalue weighted by molar-refractivity contribution is 0.570. The van der Waals surface area contributed by atoms with E-state index < -0.39 is 7.92 Å². The third-order valence-corrected chi connectivity index (χ3v) is 5.82. The molecule has 0 amide bonds. The van der Waals surface area contributed by atoms with E-state index in [2.05, 4.69) is 30.2 Å². The molecule has 3 rings (SSSR count). The molecule has 3 aromatic rings. The van der Waals surface area contributed by atoms with Gasteiger partial charge in [0.25, 0.3) is 0 Å². The topological polar surface area (TPSA) is 17.1 Å². The van der Waals surface area contributed by atoms with Crippen LogP contribution in [-0.2, 0) is 4.79 Å². The molecule has 0 spiro atoms. The molecule has 0 atom stereocenters. The standard InChI is InChI=1S/C20H15OP/c21-16-20(17-10-4-1-5-11-17)22(18-12-6-2-7-13-18)19-14-8-3-9-15-19/h1-15H. The van der Waals surface area contributed by atoms with Gasteiger partial charge in [0.05, 0.1) is 5.31 Å². The molecular weight excluding hydrogens is 287 g/mol. The summed E-state index contributed by atoms with van der Waals surface area (Å²) < 4.78 is 0. The fraction of sp³-hybridized carbons (Fsp3) is 0. The van der Waals surface area contributed by atoms with Gasteiger partial charge in [0.1, 0.15) is 5.94 Å². The quantitative estimate of drug-likeness (QED) is 0.526. The van der Waals surface area contributed by atoms with Crippen molar-refractivity contribution < 1.29 is 4.79 Å². The first-order chi connectivity index (χ1) is 10.9. The van der Waals surface area contributed by atoms with E-state index >= 15 is 0 Å². The molecule has 3 aromatic carbocycles. The molecule has 0 aromatic heterocycles. The van der Waals surface area contributed by atoms with Crippen molar-refractivity contribution >= 4 is 29.8 Å². The maximum Gasteiger partial charge on any atom is 0.134 e. The van der Waals surface area contributed by atoms with Crippen LogP contribution < -0.4 is 10.6 Å². The Hall–Kier alpha value is -2.46. The minimum Gasteiger partial charge on any atom is -0.233 e. The lowest BCUT2D eigenvalue weighted by atomic mass is 10.2. The number of rotatable bonds is 4. The number of carbonyl (C=O) groups excluding carboxylic acids is 1. The molecule has 0 saturated heterocycles. The van der Waals surface area contributed by atoms with Crippen LogP contribution in [0.3, 0.4) is 0 Å². The Morgan fingerprint density at radius 2 is 1.05 bits per heavy atom. The molecule has 22 heavy (non-hydrogen) atoms. The molecule has 0 fully saturated rings. The van der Waals surface area contributed by atoms with Gasteiger partial charge in [-0.05, 0) is 24.1 Å². The highest BCUT2D eigenvalue weighted by Crippen LogP contribution is 2.46. The fourth-order valence-corrected chi connectivity index (χ4v) is 4.64. The van der Waals surface area contributed by atoms with Crippen LogP contribution in [0.4, 0.5) is 0 Å². The Kier molecular flexibility index (Phi) is 4.61. The van der Waals surface area contributed by atoms with Crippen molar-refractivity contribution in [2.24, 2.45) is 0 Å². The summed E-state index contributed by atoms with van der Waals surface area (Å²) in [7, 11) is -0.898. The van der Waals surface area contributed by atoms with Crippen LogP contribution in [0.1, 0.15) is 5.56 Å². The Bertz CT molecular complexity index is 736. The van der Waals surface area contributed by atoms with Crippen molar-refractivity contribution in [1.82, 2.24) is 0 Å². The summed E-state index contributed by atoms with van der Waals surface area (Å²) in [4.78, 5) is 11.7. The van der Waals surface area contributed by atoms with Crippen LogP contribution in [0.2, 0.25) is 0 Å².